The van der Waals surface area contributed by atoms with E-state index in [2.05, 4.69) is 28.7 Å². The van der Waals surface area contributed by atoms with Crippen LogP contribution in [0.2, 0.25) is 0 Å². The average molecular weight is 222 g/mol. The van der Waals surface area contributed by atoms with E-state index in [4.69, 9.17) is 5.41 Å². The molecular formula is C12H18N2S. The Morgan fingerprint density at radius 1 is 1.53 bits per heavy atom. The molecule has 0 bridgehead atoms. The SMILES string of the molecule is CC(Cc1ccsc1)N1CCCCC1=N. The molecule has 1 aromatic heterocycles. The minimum absolute atomic E-state index is 0.479. The molecule has 2 rings (SSSR count). The predicted octanol–water partition coefficient (Wildman–Crippen LogP) is 3.14. The fourth-order valence-corrected chi connectivity index (χ4v) is 2.88. The number of nitrogens with one attached hydrogen (secondary N) is 1. The molecule has 1 atom stereocenters. The van der Waals surface area contributed by atoms with Gasteiger partial charge >= 0.3 is 0 Å². The quantitative estimate of drug-likeness (QED) is 0.835. The van der Waals surface area contributed by atoms with Gasteiger partial charge in [0, 0.05) is 19.0 Å². The van der Waals surface area contributed by atoms with Gasteiger partial charge in [0.2, 0.25) is 0 Å². The third kappa shape index (κ3) is 2.59. The summed E-state index contributed by atoms with van der Waals surface area (Å²) >= 11 is 1.76. The number of hydrogen-bond acceptors (Lipinski definition) is 2. The second kappa shape index (κ2) is 4.79. The van der Waals surface area contributed by atoms with E-state index in [1.807, 2.05) is 0 Å². The van der Waals surface area contributed by atoms with Crippen LogP contribution in [-0.4, -0.2) is 23.3 Å². The largest absolute Gasteiger partial charge is 0.358 e. The van der Waals surface area contributed by atoms with Crippen molar-refractivity contribution < 1.29 is 0 Å². The molecule has 1 N–H and O–H groups in total. The number of likely N-dealkylation sites (tertiary alicyclic amines) is 1. The van der Waals surface area contributed by atoms with Crippen molar-refractivity contribution in [3.8, 4) is 0 Å². The Bertz CT molecular complexity index is 318. The van der Waals surface area contributed by atoms with E-state index in [9.17, 15) is 0 Å². The van der Waals surface area contributed by atoms with Gasteiger partial charge in [-0.3, -0.25) is 5.41 Å². The molecule has 2 heterocycles. The Hall–Kier alpha value is -0.830. The first-order chi connectivity index (χ1) is 7.27. The van der Waals surface area contributed by atoms with E-state index in [1.165, 1.54) is 18.4 Å². The fourth-order valence-electron chi connectivity index (χ4n) is 2.20. The summed E-state index contributed by atoms with van der Waals surface area (Å²) in [6.45, 7) is 3.31. The first-order valence-electron chi connectivity index (χ1n) is 5.62. The molecule has 2 nitrogen and oxygen atoms in total. The Morgan fingerprint density at radius 2 is 2.40 bits per heavy atom. The van der Waals surface area contributed by atoms with Gasteiger partial charge in [-0.05, 0) is 48.6 Å². The lowest BCUT2D eigenvalue weighted by atomic mass is 10.0. The van der Waals surface area contributed by atoms with E-state index < -0.39 is 0 Å². The molecule has 0 aliphatic carbocycles. The van der Waals surface area contributed by atoms with Crippen LogP contribution in [0.5, 0.6) is 0 Å². The van der Waals surface area contributed by atoms with Crippen molar-refractivity contribution in [1.29, 1.82) is 5.41 Å². The van der Waals surface area contributed by atoms with Crippen LogP contribution in [0, 0.1) is 5.41 Å². The lowest BCUT2D eigenvalue weighted by Gasteiger charge is -2.34. The summed E-state index contributed by atoms with van der Waals surface area (Å²) in [4.78, 5) is 2.27. The Kier molecular flexibility index (Phi) is 3.41. The second-order valence-electron chi connectivity index (χ2n) is 4.28. The Balaban J connectivity index is 1.94. The predicted molar refractivity (Wildman–Crippen MR) is 65.8 cm³/mol. The van der Waals surface area contributed by atoms with Crippen LogP contribution < -0.4 is 0 Å². The zero-order valence-corrected chi connectivity index (χ0v) is 10.0. The molecule has 3 heteroatoms. The third-order valence-electron chi connectivity index (χ3n) is 3.05. The van der Waals surface area contributed by atoms with Gasteiger partial charge in [-0.15, -0.1) is 0 Å². The highest BCUT2D eigenvalue weighted by Crippen LogP contribution is 2.17. The summed E-state index contributed by atoms with van der Waals surface area (Å²) in [6, 6.07) is 2.67. The Morgan fingerprint density at radius 3 is 3.07 bits per heavy atom. The summed E-state index contributed by atoms with van der Waals surface area (Å²) in [5, 5.41) is 12.3. The van der Waals surface area contributed by atoms with E-state index in [1.54, 1.807) is 11.3 Å². The molecule has 1 aliphatic heterocycles. The first-order valence-corrected chi connectivity index (χ1v) is 6.57. The molecule has 0 radical (unpaired) electrons. The number of amidine groups is 1. The van der Waals surface area contributed by atoms with Gasteiger partial charge < -0.3 is 4.90 Å². The van der Waals surface area contributed by atoms with Crippen LogP contribution in [0.4, 0.5) is 0 Å². The molecule has 0 saturated carbocycles. The van der Waals surface area contributed by atoms with E-state index in [0.29, 0.717) is 6.04 Å². The molecule has 1 saturated heterocycles. The number of rotatable bonds is 3. The molecule has 15 heavy (non-hydrogen) atoms. The van der Waals surface area contributed by atoms with Crippen LogP contribution in [-0.2, 0) is 6.42 Å². The van der Waals surface area contributed by atoms with E-state index >= 15 is 0 Å². The highest BCUT2D eigenvalue weighted by molar-refractivity contribution is 7.07. The van der Waals surface area contributed by atoms with E-state index in [0.717, 1.165) is 25.2 Å². The third-order valence-corrected chi connectivity index (χ3v) is 3.78. The fraction of sp³-hybridized carbons (Fsp3) is 0.583. The minimum Gasteiger partial charge on any atom is -0.358 e. The van der Waals surface area contributed by atoms with Crippen molar-refractivity contribution in [3.05, 3.63) is 22.4 Å². The number of piperidine rings is 1. The second-order valence-corrected chi connectivity index (χ2v) is 5.06. The van der Waals surface area contributed by atoms with Crippen molar-refractivity contribution in [1.82, 2.24) is 4.90 Å². The topological polar surface area (TPSA) is 27.1 Å². The monoisotopic (exact) mass is 222 g/mol. The highest BCUT2D eigenvalue weighted by atomic mass is 32.1. The average Bonchev–Trinajstić information content (AvgIpc) is 2.71. The van der Waals surface area contributed by atoms with Crippen LogP contribution >= 0.6 is 11.3 Å². The normalized spacial score (nSPS) is 19.3. The maximum atomic E-state index is 7.93. The van der Waals surface area contributed by atoms with Crippen molar-refractivity contribution in [2.45, 2.75) is 38.6 Å². The molecule has 1 unspecified atom stereocenters. The van der Waals surface area contributed by atoms with Crippen LogP contribution in [0.3, 0.4) is 0 Å². The number of hydrogen-bond donors (Lipinski definition) is 1. The lowest BCUT2D eigenvalue weighted by molar-refractivity contribution is 0.293. The first kappa shape index (κ1) is 10.7. The molecule has 1 aromatic rings. The molecule has 0 amide bonds. The molecule has 1 fully saturated rings. The van der Waals surface area contributed by atoms with Crippen LogP contribution in [0.15, 0.2) is 16.8 Å². The summed E-state index contributed by atoms with van der Waals surface area (Å²) in [6.07, 6.45) is 4.48. The van der Waals surface area contributed by atoms with Crippen molar-refractivity contribution in [3.63, 3.8) is 0 Å². The Labute approximate surface area is 95.4 Å². The summed E-state index contributed by atoms with van der Waals surface area (Å²) < 4.78 is 0. The van der Waals surface area contributed by atoms with Gasteiger partial charge in [-0.1, -0.05) is 0 Å². The van der Waals surface area contributed by atoms with Crippen LogP contribution in [0.1, 0.15) is 31.7 Å². The number of nitrogens with zero attached hydrogens (tertiary/aromatic N) is 1. The lowest BCUT2D eigenvalue weighted by Crippen LogP contribution is -2.42. The van der Waals surface area contributed by atoms with Crippen molar-refractivity contribution in [2.24, 2.45) is 0 Å². The summed E-state index contributed by atoms with van der Waals surface area (Å²) in [5.41, 5.74) is 1.41. The van der Waals surface area contributed by atoms with Crippen molar-refractivity contribution in [2.75, 3.05) is 6.54 Å². The molecule has 0 spiro atoms. The molecule has 0 aromatic carbocycles. The van der Waals surface area contributed by atoms with Gasteiger partial charge in [0.05, 0.1) is 5.84 Å². The number of thiophene rings is 1. The van der Waals surface area contributed by atoms with Gasteiger partial charge in [0.25, 0.3) is 0 Å². The van der Waals surface area contributed by atoms with Gasteiger partial charge in [-0.25, -0.2) is 0 Å². The zero-order chi connectivity index (χ0) is 10.7. The maximum absolute atomic E-state index is 7.93. The van der Waals surface area contributed by atoms with E-state index in [-0.39, 0.29) is 0 Å². The van der Waals surface area contributed by atoms with Gasteiger partial charge in [0.1, 0.15) is 0 Å². The molecule has 1 aliphatic rings. The zero-order valence-electron chi connectivity index (χ0n) is 9.20. The smallest absolute Gasteiger partial charge is 0.0960 e. The molecular weight excluding hydrogens is 204 g/mol. The van der Waals surface area contributed by atoms with Gasteiger partial charge in [0.15, 0.2) is 0 Å². The van der Waals surface area contributed by atoms with Gasteiger partial charge in [-0.2, -0.15) is 11.3 Å². The molecule has 82 valence electrons. The standard InChI is InChI=1S/C12H18N2S/c1-10(8-11-5-7-15-9-11)14-6-3-2-4-12(14)13/h5,7,9-10,13H,2-4,6,8H2,1H3. The highest BCUT2D eigenvalue weighted by Gasteiger charge is 2.20. The summed E-state index contributed by atoms with van der Waals surface area (Å²) in [5.74, 6) is 0.837. The van der Waals surface area contributed by atoms with Crippen molar-refractivity contribution >= 4 is 17.2 Å². The summed E-state index contributed by atoms with van der Waals surface area (Å²) in [7, 11) is 0. The maximum Gasteiger partial charge on any atom is 0.0960 e. The minimum atomic E-state index is 0.479. The van der Waals surface area contributed by atoms with Crippen LogP contribution in [0.25, 0.3) is 0 Å².